The minimum Gasteiger partial charge on any atom is -0.339 e. The van der Waals surface area contributed by atoms with Crippen molar-refractivity contribution in [2.75, 3.05) is 31.5 Å². The maximum Gasteiger partial charge on any atom is 0.253 e. The number of aryl methyl sites for hydroxylation is 1. The fraction of sp³-hybridized carbons (Fsp3) is 0.440. The quantitative estimate of drug-likeness (QED) is 0.724. The number of carbonyl (C=O) groups is 2. The van der Waals surface area contributed by atoms with Crippen molar-refractivity contribution in [1.82, 2.24) is 9.21 Å². The Hall–Kier alpha value is -2.71. The van der Waals surface area contributed by atoms with Crippen LogP contribution < -0.4 is 5.32 Å². The molecule has 1 N–H and O–H groups in total. The highest BCUT2D eigenvalue weighted by Gasteiger charge is 2.31. The zero-order valence-electron chi connectivity index (χ0n) is 19.0. The molecular weight excluding hydrogens is 438 g/mol. The average molecular weight is 470 g/mol. The van der Waals surface area contributed by atoms with Crippen molar-refractivity contribution in [3.8, 4) is 0 Å². The van der Waals surface area contributed by atoms with E-state index in [1.807, 2.05) is 30.3 Å². The number of nitrogens with one attached hydrogen (secondary N) is 1. The number of anilines is 1. The molecule has 2 heterocycles. The van der Waals surface area contributed by atoms with E-state index in [1.165, 1.54) is 10.4 Å². The number of carbonyl (C=O) groups excluding carboxylic acids is 2. The van der Waals surface area contributed by atoms with Gasteiger partial charge in [0, 0.05) is 43.3 Å². The van der Waals surface area contributed by atoms with Gasteiger partial charge in [-0.3, -0.25) is 9.59 Å². The van der Waals surface area contributed by atoms with E-state index in [1.54, 1.807) is 24.0 Å². The second kappa shape index (κ2) is 10.1. The number of hydrogen-bond acceptors (Lipinski definition) is 4. The number of amides is 2. The van der Waals surface area contributed by atoms with E-state index < -0.39 is 10.0 Å². The molecule has 7 nitrogen and oxygen atoms in total. The van der Waals surface area contributed by atoms with Crippen molar-refractivity contribution in [2.45, 2.75) is 43.9 Å². The van der Waals surface area contributed by atoms with Crippen molar-refractivity contribution in [3.63, 3.8) is 0 Å². The lowest BCUT2D eigenvalue weighted by molar-refractivity contribution is -0.121. The van der Waals surface area contributed by atoms with E-state index >= 15 is 0 Å². The van der Waals surface area contributed by atoms with Gasteiger partial charge < -0.3 is 10.2 Å². The van der Waals surface area contributed by atoms with Gasteiger partial charge in [0.05, 0.1) is 4.90 Å². The summed E-state index contributed by atoms with van der Waals surface area (Å²) < 4.78 is 27.9. The Morgan fingerprint density at radius 3 is 2.24 bits per heavy atom. The summed E-state index contributed by atoms with van der Waals surface area (Å²) in [5, 5.41) is 2.94. The molecule has 0 aromatic heterocycles. The predicted octanol–water partition coefficient (Wildman–Crippen LogP) is 3.66. The van der Waals surface area contributed by atoms with Crippen LogP contribution in [-0.2, 0) is 14.8 Å². The smallest absolute Gasteiger partial charge is 0.253 e. The molecule has 0 bridgehead atoms. The van der Waals surface area contributed by atoms with E-state index in [4.69, 9.17) is 0 Å². The van der Waals surface area contributed by atoms with Crippen molar-refractivity contribution < 1.29 is 18.0 Å². The first-order valence-corrected chi connectivity index (χ1v) is 13.1. The van der Waals surface area contributed by atoms with Crippen LogP contribution in [0.25, 0.3) is 0 Å². The highest BCUT2D eigenvalue weighted by molar-refractivity contribution is 7.89. The molecule has 2 aliphatic heterocycles. The molecule has 2 aliphatic rings. The highest BCUT2D eigenvalue weighted by Crippen LogP contribution is 2.26. The van der Waals surface area contributed by atoms with E-state index in [0.29, 0.717) is 50.1 Å². The Morgan fingerprint density at radius 1 is 0.909 bits per heavy atom. The van der Waals surface area contributed by atoms with Gasteiger partial charge in [0.1, 0.15) is 0 Å². The largest absolute Gasteiger partial charge is 0.339 e. The molecule has 2 fully saturated rings. The zero-order chi connectivity index (χ0) is 23.4. The standard InChI is InChI=1S/C25H31N3O4S/c1-19-10-11-21(18-23(19)33(31,32)28-14-6-3-7-15-28)25(30)27-16-12-20(13-17-27)24(29)26-22-8-4-2-5-9-22/h2,4-5,8-11,18,20H,3,6-7,12-17H2,1H3,(H,26,29). The molecule has 2 amide bonds. The van der Waals surface area contributed by atoms with E-state index in [0.717, 1.165) is 24.9 Å². The molecule has 176 valence electrons. The Bertz CT molecular complexity index is 1100. The van der Waals surface area contributed by atoms with Crippen molar-refractivity contribution in [1.29, 1.82) is 0 Å². The van der Waals surface area contributed by atoms with Crippen LogP contribution in [0.2, 0.25) is 0 Å². The molecule has 2 saturated heterocycles. The van der Waals surface area contributed by atoms with Crippen LogP contribution in [0.5, 0.6) is 0 Å². The van der Waals surface area contributed by atoms with Crippen molar-refractivity contribution in [2.24, 2.45) is 5.92 Å². The monoisotopic (exact) mass is 469 g/mol. The average Bonchev–Trinajstić information content (AvgIpc) is 2.85. The van der Waals surface area contributed by atoms with E-state index in [-0.39, 0.29) is 22.6 Å². The summed E-state index contributed by atoms with van der Waals surface area (Å²) in [5.41, 5.74) is 1.79. The second-order valence-electron chi connectivity index (χ2n) is 8.87. The van der Waals surface area contributed by atoms with Gasteiger partial charge in [-0.2, -0.15) is 4.31 Å². The van der Waals surface area contributed by atoms with Crippen LogP contribution in [0.1, 0.15) is 48.0 Å². The van der Waals surface area contributed by atoms with Gasteiger partial charge in [0.15, 0.2) is 0 Å². The minimum absolute atomic E-state index is 0.0291. The summed E-state index contributed by atoms with van der Waals surface area (Å²) >= 11 is 0. The number of hydrogen-bond donors (Lipinski definition) is 1. The Morgan fingerprint density at radius 2 is 1.58 bits per heavy atom. The van der Waals surface area contributed by atoms with E-state index in [9.17, 15) is 18.0 Å². The normalized spacial score (nSPS) is 18.2. The SMILES string of the molecule is Cc1ccc(C(=O)N2CCC(C(=O)Nc3ccccc3)CC2)cc1S(=O)(=O)N1CCCCC1. The first kappa shape index (κ1) is 23.4. The molecule has 0 saturated carbocycles. The Labute approximate surface area is 195 Å². The molecule has 0 radical (unpaired) electrons. The molecule has 4 rings (SSSR count). The van der Waals surface area contributed by atoms with Crippen LogP contribution in [0.3, 0.4) is 0 Å². The van der Waals surface area contributed by atoms with Crippen LogP contribution >= 0.6 is 0 Å². The van der Waals surface area contributed by atoms with Gasteiger partial charge >= 0.3 is 0 Å². The third kappa shape index (κ3) is 5.28. The summed E-state index contributed by atoms with van der Waals surface area (Å²) in [4.78, 5) is 27.7. The molecule has 0 spiro atoms. The molecule has 33 heavy (non-hydrogen) atoms. The number of benzene rings is 2. The summed E-state index contributed by atoms with van der Waals surface area (Å²) in [7, 11) is -3.62. The second-order valence-corrected chi connectivity index (χ2v) is 10.8. The van der Waals surface area contributed by atoms with Gasteiger partial charge in [0.2, 0.25) is 15.9 Å². The molecule has 8 heteroatoms. The number of piperidine rings is 2. The molecule has 2 aromatic carbocycles. The lowest BCUT2D eigenvalue weighted by atomic mass is 9.95. The van der Waals surface area contributed by atoms with Gasteiger partial charge in [-0.25, -0.2) is 8.42 Å². The maximum atomic E-state index is 13.2. The summed E-state index contributed by atoms with van der Waals surface area (Å²) in [6.45, 7) is 3.75. The Kier molecular flexibility index (Phi) is 7.14. The maximum absolute atomic E-state index is 13.2. The third-order valence-corrected chi connectivity index (χ3v) is 8.60. The molecule has 0 unspecified atom stereocenters. The minimum atomic E-state index is -3.62. The van der Waals surface area contributed by atoms with Crippen molar-refractivity contribution >= 4 is 27.5 Å². The lowest BCUT2D eigenvalue weighted by Crippen LogP contribution is -2.41. The molecule has 2 aromatic rings. The summed E-state index contributed by atoms with van der Waals surface area (Å²) in [6.07, 6.45) is 3.93. The van der Waals surface area contributed by atoms with Gasteiger partial charge in [-0.1, -0.05) is 30.7 Å². The molecule has 0 aliphatic carbocycles. The number of likely N-dealkylation sites (tertiary alicyclic amines) is 1. The number of nitrogens with zero attached hydrogens (tertiary/aromatic N) is 2. The summed E-state index contributed by atoms with van der Waals surface area (Å²) in [6, 6.07) is 14.3. The number of rotatable bonds is 5. The third-order valence-electron chi connectivity index (χ3n) is 6.56. The molecule has 0 atom stereocenters. The van der Waals surface area contributed by atoms with Crippen LogP contribution in [0.15, 0.2) is 53.4 Å². The summed E-state index contributed by atoms with van der Waals surface area (Å²) in [5.74, 6) is -0.368. The Balaban J connectivity index is 1.42. The van der Waals surface area contributed by atoms with Crippen LogP contribution in [-0.4, -0.2) is 55.6 Å². The van der Waals surface area contributed by atoms with Gasteiger partial charge in [-0.05, 0) is 62.4 Å². The zero-order valence-corrected chi connectivity index (χ0v) is 19.8. The van der Waals surface area contributed by atoms with Crippen molar-refractivity contribution in [3.05, 3.63) is 59.7 Å². The first-order valence-electron chi connectivity index (χ1n) is 11.6. The lowest BCUT2D eigenvalue weighted by Gasteiger charge is -2.31. The van der Waals surface area contributed by atoms with Crippen LogP contribution in [0.4, 0.5) is 5.69 Å². The fourth-order valence-corrected chi connectivity index (χ4v) is 6.32. The predicted molar refractivity (Wildman–Crippen MR) is 127 cm³/mol. The number of para-hydroxylation sites is 1. The van der Waals surface area contributed by atoms with Crippen LogP contribution in [0, 0.1) is 12.8 Å². The number of sulfonamides is 1. The fourth-order valence-electron chi connectivity index (χ4n) is 4.55. The highest BCUT2D eigenvalue weighted by atomic mass is 32.2. The van der Waals surface area contributed by atoms with Gasteiger partial charge in [-0.15, -0.1) is 0 Å². The van der Waals surface area contributed by atoms with E-state index in [2.05, 4.69) is 5.32 Å². The van der Waals surface area contributed by atoms with Gasteiger partial charge in [0.25, 0.3) is 5.91 Å². The topological polar surface area (TPSA) is 86.8 Å². The first-order chi connectivity index (χ1) is 15.9. The molecular formula is C25H31N3O4S.